The number of amides is 2. The first kappa shape index (κ1) is 21.7. The molecule has 160 valence electrons. The molecule has 0 aliphatic carbocycles. The van der Waals surface area contributed by atoms with Crippen molar-refractivity contribution in [2.24, 2.45) is 5.92 Å². The number of likely N-dealkylation sites (tertiary alicyclic amines) is 1. The Morgan fingerprint density at radius 3 is 2.33 bits per heavy atom. The Balaban J connectivity index is 1.42. The van der Waals surface area contributed by atoms with Crippen LogP contribution in [0.5, 0.6) is 11.5 Å². The highest BCUT2D eigenvalue weighted by molar-refractivity contribution is 5.80. The number of rotatable bonds is 8. The second-order valence-corrected chi connectivity index (χ2v) is 7.55. The fourth-order valence-electron chi connectivity index (χ4n) is 3.77. The van der Waals surface area contributed by atoms with Crippen LogP contribution in [0.1, 0.15) is 30.4 Å². The molecule has 1 aliphatic heterocycles. The molecule has 2 aromatic carbocycles. The van der Waals surface area contributed by atoms with Gasteiger partial charge in [-0.2, -0.15) is 0 Å². The van der Waals surface area contributed by atoms with Gasteiger partial charge in [0.25, 0.3) is 0 Å². The highest BCUT2D eigenvalue weighted by Gasteiger charge is 2.27. The molecule has 0 bridgehead atoms. The summed E-state index contributed by atoms with van der Waals surface area (Å²) in [6.45, 7) is 1.72. The zero-order chi connectivity index (χ0) is 21.3. The Bertz CT molecular complexity index is 846. The van der Waals surface area contributed by atoms with Crippen molar-refractivity contribution in [2.45, 2.75) is 32.2 Å². The van der Waals surface area contributed by atoms with Crippen LogP contribution in [0.4, 0.5) is 0 Å². The number of nitrogens with one attached hydrogen (secondary N) is 1. The van der Waals surface area contributed by atoms with Crippen LogP contribution in [-0.4, -0.2) is 44.0 Å². The normalized spacial score (nSPS) is 14.3. The average molecular weight is 411 g/mol. The fourth-order valence-corrected chi connectivity index (χ4v) is 3.77. The summed E-state index contributed by atoms with van der Waals surface area (Å²) in [6, 6.07) is 15.7. The minimum absolute atomic E-state index is 0.0427. The number of benzene rings is 2. The van der Waals surface area contributed by atoms with Crippen LogP contribution < -0.4 is 14.8 Å². The topological polar surface area (TPSA) is 67.9 Å². The van der Waals surface area contributed by atoms with Gasteiger partial charge in [-0.3, -0.25) is 9.59 Å². The number of nitrogens with zero attached hydrogens (tertiary/aromatic N) is 1. The van der Waals surface area contributed by atoms with E-state index in [4.69, 9.17) is 9.47 Å². The van der Waals surface area contributed by atoms with E-state index in [9.17, 15) is 9.59 Å². The van der Waals surface area contributed by atoms with Gasteiger partial charge in [0.2, 0.25) is 11.8 Å². The molecule has 0 atom stereocenters. The van der Waals surface area contributed by atoms with Crippen molar-refractivity contribution >= 4 is 11.8 Å². The van der Waals surface area contributed by atoms with E-state index in [1.54, 1.807) is 14.2 Å². The Morgan fingerprint density at radius 2 is 1.67 bits per heavy atom. The van der Waals surface area contributed by atoms with E-state index < -0.39 is 0 Å². The first-order valence-electron chi connectivity index (χ1n) is 10.4. The molecule has 1 fully saturated rings. The number of hydrogen-bond acceptors (Lipinski definition) is 4. The van der Waals surface area contributed by atoms with Crippen molar-refractivity contribution in [3.05, 3.63) is 59.7 Å². The quantitative estimate of drug-likeness (QED) is 0.726. The lowest BCUT2D eigenvalue weighted by Gasteiger charge is -2.31. The summed E-state index contributed by atoms with van der Waals surface area (Å²) in [5.41, 5.74) is 2.13. The van der Waals surface area contributed by atoms with Gasteiger partial charge in [0.15, 0.2) is 11.5 Å². The molecule has 2 aromatic rings. The second kappa shape index (κ2) is 10.7. The zero-order valence-electron chi connectivity index (χ0n) is 17.7. The van der Waals surface area contributed by atoms with Crippen molar-refractivity contribution in [1.82, 2.24) is 10.2 Å². The SMILES string of the molecule is COc1ccc(CNC(=O)C2CCN(C(=O)CCc3ccccc3)CC2)cc1OC. The molecule has 0 radical (unpaired) electrons. The van der Waals surface area contributed by atoms with Gasteiger partial charge < -0.3 is 19.7 Å². The summed E-state index contributed by atoms with van der Waals surface area (Å²) in [5.74, 6) is 1.47. The molecule has 1 saturated heterocycles. The summed E-state index contributed by atoms with van der Waals surface area (Å²) < 4.78 is 10.5. The number of carbonyl (C=O) groups is 2. The number of methoxy groups -OCH3 is 2. The Morgan fingerprint density at radius 1 is 0.967 bits per heavy atom. The van der Waals surface area contributed by atoms with Crippen LogP contribution >= 0.6 is 0 Å². The van der Waals surface area contributed by atoms with Gasteiger partial charge in [-0.15, -0.1) is 0 Å². The van der Waals surface area contributed by atoms with Crippen molar-refractivity contribution < 1.29 is 19.1 Å². The van der Waals surface area contributed by atoms with Gasteiger partial charge in [-0.05, 0) is 42.5 Å². The monoisotopic (exact) mass is 410 g/mol. The maximum atomic E-state index is 12.6. The van der Waals surface area contributed by atoms with E-state index in [0.29, 0.717) is 50.4 Å². The maximum Gasteiger partial charge on any atom is 0.223 e. The van der Waals surface area contributed by atoms with Crippen molar-refractivity contribution in [2.75, 3.05) is 27.3 Å². The summed E-state index contributed by atoms with van der Waals surface area (Å²) in [4.78, 5) is 26.9. The van der Waals surface area contributed by atoms with Gasteiger partial charge in [0, 0.05) is 32.0 Å². The number of piperidine rings is 1. The van der Waals surface area contributed by atoms with Crippen LogP contribution in [0.2, 0.25) is 0 Å². The third-order valence-electron chi connectivity index (χ3n) is 5.60. The number of ether oxygens (including phenoxy) is 2. The van der Waals surface area contributed by atoms with Crippen molar-refractivity contribution in [3.8, 4) is 11.5 Å². The molecule has 2 amide bonds. The molecular formula is C24H30N2O4. The van der Waals surface area contributed by atoms with Gasteiger partial charge >= 0.3 is 0 Å². The molecule has 1 aliphatic rings. The van der Waals surface area contributed by atoms with Crippen molar-refractivity contribution in [1.29, 1.82) is 0 Å². The van der Waals surface area contributed by atoms with Crippen LogP contribution in [0.15, 0.2) is 48.5 Å². The zero-order valence-corrected chi connectivity index (χ0v) is 17.7. The summed E-state index contributed by atoms with van der Waals surface area (Å²) in [7, 11) is 3.19. The lowest BCUT2D eigenvalue weighted by atomic mass is 9.95. The van der Waals surface area contributed by atoms with Gasteiger partial charge in [0.1, 0.15) is 0 Å². The minimum Gasteiger partial charge on any atom is -0.493 e. The number of carbonyl (C=O) groups excluding carboxylic acids is 2. The fraction of sp³-hybridized carbons (Fsp3) is 0.417. The molecule has 6 heteroatoms. The van der Waals surface area contributed by atoms with E-state index in [2.05, 4.69) is 5.32 Å². The van der Waals surface area contributed by atoms with E-state index >= 15 is 0 Å². The van der Waals surface area contributed by atoms with Crippen LogP contribution in [-0.2, 0) is 22.6 Å². The number of hydrogen-bond donors (Lipinski definition) is 1. The third-order valence-corrected chi connectivity index (χ3v) is 5.60. The Kier molecular flexibility index (Phi) is 7.71. The molecule has 6 nitrogen and oxygen atoms in total. The van der Waals surface area contributed by atoms with Gasteiger partial charge in [0.05, 0.1) is 14.2 Å². The van der Waals surface area contributed by atoms with E-state index in [1.807, 2.05) is 53.4 Å². The van der Waals surface area contributed by atoms with Crippen molar-refractivity contribution in [3.63, 3.8) is 0 Å². The molecule has 30 heavy (non-hydrogen) atoms. The van der Waals surface area contributed by atoms with E-state index in [1.165, 1.54) is 5.56 Å². The lowest BCUT2D eigenvalue weighted by Crippen LogP contribution is -2.43. The standard InChI is InChI=1S/C24H30N2O4/c1-29-21-10-8-19(16-22(21)30-2)17-25-24(28)20-12-14-26(15-13-20)23(27)11-9-18-6-4-3-5-7-18/h3-8,10,16,20H,9,11-15,17H2,1-2H3,(H,25,28). The summed E-state index contributed by atoms with van der Waals surface area (Å²) >= 11 is 0. The first-order chi connectivity index (χ1) is 14.6. The molecule has 1 N–H and O–H groups in total. The molecule has 3 rings (SSSR count). The molecular weight excluding hydrogens is 380 g/mol. The van der Waals surface area contributed by atoms with Gasteiger partial charge in [-0.1, -0.05) is 36.4 Å². The largest absolute Gasteiger partial charge is 0.493 e. The summed E-state index contributed by atoms with van der Waals surface area (Å²) in [5, 5.41) is 3.01. The molecule has 0 aromatic heterocycles. The van der Waals surface area contributed by atoms with Gasteiger partial charge in [-0.25, -0.2) is 0 Å². The predicted octanol–water partition coefficient (Wildman–Crippen LogP) is 3.19. The van der Waals surface area contributed by atoms with Crippen LogP contribution in [0.25, 0.3) is 0 Å². The smallest absolute Gasteiger partial charge is 0.223 e. The Labute approximate surface area is 178 Å². The highest BCUT2D eigenvalue weighted by atomic mass is 16.5. The van der Waals surface area contributed by atoms with Crippen LogP contribution in [0.3, 0.4) is 0 Å². The number of aryl methyl sites for hydroxylation is 1. The predicted molar refractivity (Wildman–Crippen MR) is 115 cm³/mol. The third kappa shape index (κ3) is 5.75. The van der Waals surface area contributed by atoms with E-state index in [-0.39, 0.29) is 17.7 Å². The van der Waals surface area contributed by atoms with E-state index in [0.717, 1.165) is 12.0 Å². The first-order valence-corrected chi connectivity index (χ1v) is 10.4. The molecule has 0 saturated carbocycles. The maximum absolute atomic E-state index is 12.6. The molecule has 0 spiro atoms. The minimum atomic E-state index is -0.0525. The molecule has 1 heterocycles. The summed E-state index contributed by atoms with van der Waals surface area (Å²) in [6.07, 6.45) is 2.68. The lowest BCUT2D eigenvalue weighted by molar-refractivity contribution is -0.135. The Hall–Kier alpha value is -3.02. The average Bonchev–Trinajstić information content (AvgIpc) is 2.81. The second-order valence-electron chi connectivity index (χ2n) is 7.55. The van der Waals surface area contributed by atoms with Crippen LogP contribution in [0, 0.1) is 5.92 Å². The highest BCUT2D eigenvalue weighted by Crippen LogP contribution is 2.27. The molecule has 0 unspecified atom stereocenters.